The van der Waals surface area contributed by atoms with E-state index in [0.717, 1.165) is 5.56 Å². The van der Waals surface area contributed by atoms with Gasteiger partial charge in [0.2, 0.25) is 11.7 Å². The first kappa shape index (κ1) is 23.4. The second-order valence-electron chi connectivity index (χ2n) is 8.74. The summed E-state index contributed by atoms with van der Waals surface area (Å²) in [7, 11) is 0. The third kappa shape index (κ3) is 5.79. The van der Waals surface area contributed by atoms with Gasteiger partial charge >= 0.3 is 6.03 Å². The minimum Gasteiger partial charge on any atom is -0.338 e. The van der Waals surface area contributed by atoms with Gasteiger partial charge in [-0.25, -0.2) is 4.79 Å². The topological polar surface area (TPSA) is 104 Å². The van der Waals surface area contributed by atoms with Gasteiger partial charge in [0.15, 0.2) is 0 Å². The highest BCUT2D eigenvalue weighted by atomic mass is 16.5. The Hall–Kier alpha value is -3.72. The molecule has 0 saturated carbocycles. The van der Waals surface area contributed by atoms with Crippen molar-refractivity contribution in [1.82, 2.24) is 25.3 Å². The molecule has 0 unspecified atom stereocenters. The molecule has 1 fully saturated rings. The van der Waals surface area contributed by atoms with Crippen LogP contribution in [0.25, 0.3) is 11.4 Å². The van der Waals surface area contributed by atoms with Crippen molar-refractivity contribution in [3.63, 3.8) is 0 Å². The number of aryl methyl sites for hydroxylation is 1. The van der Waals surface area contributed by atoms with Crippen LogP contribution in [0.2, 0.25) is 0 Å². The van der Waals surface area contributed by atoms with Crippen molar-refractivity contribution in [2.45, 2.75) is 33.4 Å². The fourth-order valence-electron chi connectivity index (χ4n) is 3.81. The number of rotatable bonds is 6. The number of hydrogen-bond donors (Lipinski definition) is 2. The Bertz CT molecular complexity index is 1130. The average molecular weight is 463 g/mol. The second kappa shape index (κ2) is 10.5. The molecular formula is C25H30N6O3. The summed E-state index contributed by atoms with van der Waals surface area (Å²) in [4.78, 5) is 33.8. The van der Waals surface area contributed by atoms with Crippen LogP contribution in [0, 0.1) is 6.92 Å². The molecule has 0 spiro atoms. The van der Waals surface area contributed by atoms with Crippen LogP contribution < -0.4 is 10.6 Å². The number of para-hydroxylation sites is 1. The number of anilines is 1. The Balaban J connectivity index is 1.33. The van der Waals surface area contributed by atoms with Gasteiger partial charge in [-0.3, -0.25) is 9.69 Å². The molecule has 4 rings (SSSR count). The van der Waals surface area contributed by atoms with Crippen LogP contribution in [0.3, 0.4) is 0 Å². The molecule has 1 aromatic heterocycles. The molecule has 178 valence electrons. The van der Waals surface area contributed by atoms with E-state index in [9.17, 15) is 9.59 Å². The molecule has 0 bridgehead atoms. The fraction of sp³-hybridized carbons (Fsp3) is 0.360. The largest absolute Gasteiger partial charge is 0.338 e. The Labute approximate surface area is 199 Å². The zero-order valence-corrected chi connectivity index (χ0v) is 19.7. The van der Waals surface area contributed by atoms with Gasteiger partial charge in [0.25, 0.3) is 5.91 Å². The molecule has 3 amide bonds. The molecule has 2 aromatic carbocycles. The van der Waals surface area contributed by atoms with E-state index in [1.165, 1.54) is 5.56 Å². The molecule has 0 radical (unpaired) electrons. The van der Waals surface area contributed by atoms with Crippen molar-refractivity contribution in [2.75, 3.05) is 31.5 Å². The van der Waals surface area contributed by atoms with E-state index in [0.29, 0.717) is 55.7 Å². The van der Waals surface area contributed by atoms with Crippen LogP contribution in [-0.4, -0.2) is 64.1 Å². The maximum Gasteiger partial charge on any atom is 0.319 e. The van der Waals surface area contributed by atoms with E-state index in [1.54, 1.807) is 24.3 Å². The number of amides is 3. The summed E-state index contributed by atoms with van der Waals surface area (Å²) in [6.45, 7) is 8.87. The van der Waals surface area contributed by atoms with Crippen molar-refractivity contribution in [3.05, 3.63) is 65.5 Å². The van der Waals surface area contributed by atoms with Crippen molar-refractivity contribution < 1.29 is 14.1 Å². The highest BCUT2D eigenvalue weighted by Gasteiger charge is 2.25. The summed E-state index contributed by atoms with van der Waals surface area (Å²) in [5.41, 5.74) is 3.08. The highest BCUT2D eigenvalue weighted by Crippen LogP contribution is 2.20. The number of nitrogens with zero attached hydrogens (tertiary/aromatic N) is 4. The SMILES string of the molecule is Cc1ccc(-c2noc(CN3CCN(C(=O)c4ccccc4NC(=O)NC(C)C)CC3)n2)cc1. The van der Waals surface area contributed by atoms with E-state index in [4.69, 9.17) is 4.52 Å². The van der Waals surface area contributed by atoms with Crippen molar-refractivity contribution in [2.24, 2.45) is 0 Å². The number of urea groups is 1. The fourth-order valence-corrected chi connectivity index (χ4v) is 3.81. The van der Waals surface area contributed by atoms with Crippen LogP contribution in [0.1, 0.15) is 35.7 Å². The van der Waals surface area contributed by atoms with Crippen molar-refractivity contribution >= 4 is 17.6 Å². The molecule has 2 heterocycles. The third-order valence-corrected chi connectivity index (χ3v) is 5.62. The molecule has 34 heavy (non-hydrogen) atoms. The van der Waals surface area contributed by atoms with Gasteiger partial charge in [-0.1, -0.05) is 47.1 Å². The van der Waals surface area contributed by atoms with Gasteiger partial charge < -0.3 is 20.1 Å². The summed E-state index contributed by atoms with van der Waals surface area (Å²) in [6.07, 6.45) is 0. The lowest BCUT2D eigenvalue weighted by atomic mass is 10.1. The van der Waals surface area contributed by atoms with Gasteiger partial charge in [-0.2, -0.15) is 4.98 Å². The molecule has 0 atom stereocenters. The second-order valence-corrected chi connectivity index (χ2v) is 8.74. The number of carbonyl (C=O) groups is 2. The molecule has 0 aliphatic carbocycles. The van der Waals surface area contributed by atoms with Gasteiger partial charge in [-0.05, 0) is 32.9 Å². The van der Waals surface area contributed by atoms with Gasteiger partial charge in [-0.15, -0.1) is 0 Å². The molecule has 2 N–H and O–H groups in total. The van der Waals surface area contributed by atoms with Gasteiger partial charge in [0.05, 0.1) is 17.8 Å². The van der Waals surface area contributed by atoms with Crippen molar-refractivity contribution in [1.29, 1.82) is 0 Å². The van der Waals surface area contributed by atoms with E-state index in [1.807, 2.05) is 49.9 Å². The molecule has 1 saturated heterocycles. The minimum atomic E-state index is -0.329. The van der Waals surface area contributed by atoms with E-state index in [2.05, 4.69) is 25.7 Å². The number of carbonyl (C=O) groups excluding carboxylic acids is 2. The summed E-state index contributed by atoms with van der Waals surface area (Å²) in [5, 5.41) is 9.66. The Morgan fingerprint density at radius 2 is 1.74 bits per heavy atom. The quantitative estimate of drug-likeness (QED) is 0.581. The van der Waals surface area contributed by atoms with E-state index < -0.39 is 0 Å². The van der Waals surface area contributed by atoms with Crippen molar-refractivity contribution in [3.8, 4) is 11.4 Å². The maximum absolute atomic E-state index is 13.2. The van der Waals surface area contributed by atoms with E-state index >= 15 is 0 Å². The molecule has 3 aromatic rings. The zero-order chi connectivity index (χ0) is 24.1. The Morgan fingerprint density at radius 1 is 1.03 bits per heavy atom. The molecule has 9 nitrogen and oxygen atoms in total. The molecule has 1 aliphatic heterocycles. The third-order valence-electron chi connectivity index (χ3n) is 5.62. The highest BCUT2D eigenvalue weighted by molar-refractivity contribution is 6.03. The summed E-state index contributed by atoms with van der Waals surface area (Å²) in [5.74, 6) is 1.04. The number of nitrogens with one attached hydrogen (secondary N) is 2. The van der Waals surface area contributed by atoms with E-state index in [-0.39, 0.29) is 18.0 Å². The Morgan fingerprint density at radius 3 is 2.44 bits per heavy atom. The zero-order valence-electron chi connectivity index (χ0n) is 19.7. The van der Waals surface area contributed by atoms with Crippen LogP contribution >= 0.6 is 0 Å². The predicted octanol–water partition coefficient (Wildman–Crippen LogP) is 3.53. The average Bonchev–Trinajstić information content (AvgIpc) is 3.28. The molecular weight excluding hydrogens is 432 g/mol. The first-order valence-corrected chi connectivity index (χ1v) is 11.5. The first-order chi connectivity index (χ1) is 16.4. The number of piperazine rings is 1. The monoisotopic (exact) mass is 462 g/mol. The van der Waals surface area contributed by atoms with Crippen LogP contribution in [0.15, 0.2) is 53.1 Å². The molecule has 1 aliphatic rings. The smallest absolute Gasteiger partial charge is 0.319 e. The summed E-state index contributed by atoms with van der Waals surface area (Å²) >= 11 is 0. The van der Waals surface area contributed by atoms with Gasteiger partial charge in [0, 0.05) is 37.8 Å². The van der Waals surface area contributed by atoms with Crippen LogP contribution in [0.4, 0.5) is 10.5 Å². The number of hydrogen-bond acceptors (Lipinski definition) is 6. The standard InChI is InChI=1S/C25H30N6O3/c1-17(2)26-25(33)27-21-7-5-4-6-20(21)24(32)31-14-12-30(13-15-31)16-22-28-23(29-34-22)19-10-8-18(3)9-11-19/h4-11,17H,12-16H2,1-3H3,(H2,26,27,33). The summed E-state index contributed by atoms with van der Waals surface area (Å²) in [6, 6.07) is 14.8. The normalized spacial score (nSPS) is 14.3. The van der Waals surface area contributed by atoms with Crippen LogP contribution in [0.5, 0.6) is 0 Å². The lowest BCUT2D eigenvalue weighted by Crippen LogP contribution is -2.48. The maximum atomic E-state index is 13.2. The summed E-state index contributed by atoms with van der Waals surface area (Å²) < 4.78 is 5.45. The minimum absolute atomic E-state index is 0.00256. The predicted molar refractivity (Wildman–Crippen MR) is 129 cm³/mol. The molecule has 9 heteroatoms. The number of benzene rings is 2. The lowest BCUT2D eigenvalue weighted by molar-refractivity contribution is 0.0616. The Kier molecular flexibility index (Phi) is 7.22. The van der Waals surface area contributed by atoms with Gasteiger partial charge in [0.1, 0.15) is 0 Å². The first-order valence-electron chi connectivity index (χ1n) is 11.5. The lowest BCUT2D eigenvalue weighted by Gasteiger charge is -2.34. The van der Waals surface area contributed by atoms with Crippen LogP contribution in [-0.2, 0) is 6.54 Å². The number of aromatic nitrogens is 2.